The quantitative estimate of drug-likeness (QED) is 0.504. The highest BCUT2D eigenvalue weighted by atomic mass is 79.9. The topological polar surface area (TPSA) is 0 Å². The molecule has 4 heteroatoms. The minimum absolute atomic E-state index is 0.112. The number of rotatable bonds is 3. The Hall–Kier alpha value is -0.710. The molecule has 98 valence electrons. The first-order valence-electron chi connectivity index (χ1n) is 6.15. The van der Waals surface area contributed by atoms with Gasteiger partial charge in [0, 0.05) is 19.8 Å². The van der Waals surface area contributed by atoms with Crippen molar-refractivity contribution < 1.29 is 4.39 Å². The number of hydrogen-bond acceptors (Lipinski definition) is 2. The Morgan fingerprint density at radius 3 is 2.58 bits per heavy atom. The molecule has 0 atom stereocenters. The molecule has 0 aliphatic carbocycles. The Morgan fingerprint density at radius 1 is 1.11 bits per heavy atom. The zero-order valence-corrected chi connectivity index (χ0v) is 13.6. The highest BCUT2D eigenvalue weighted by Gasteiger charge is 2.11. The Kier molecular flexibility index (Phi) is 3.74. The van der Waals surface area contributed by atoms with E-state index in [-0.39, 0.29) is 5.82 Å². The van der Waals surface area contributed by atoms with Gasteiger partial charge in [-0.1, -0.05) is 25.5 Å². The zero-order chi connectivity index (χ0) is 13.4. The molecule has 3 aromatic rings. The lowest BCUT2D eigenvalue weighted by Gasteiger charge is -2.03. The molecule has 0 aliphatic heterocycles. The van der Waals surface area contributed by atoms with Crippen molar-refractivity contribution in [3.05, 3.63) is 45.5 Å². The van der Waals surface area contributed by atoms with E-state index in [4.69, 9.17) is 0 Å². The molecule has 0 bridgehead atoms. The van der Waals surface area contributed by atoms with Crippen LogP contribution in [-0.4, -0.2) is 0 Å². The average molecular weight is 355 g/mol. The Morgan fingerprint density at radius 2 is 1.89 bits per heavy atom. The van der Waals surface area contributed by atoms with Crippen LogP contribution in [0.15, 0.2) is 34.1 Å². The molecule has 2 aromatic heterocycles. The van der Waals surface area contributed by atoms with Crippen LogP contribution >= 0.6 is 38.6 Å². The molecule has 19 heavy (non-hydrogen) atoms. The maximum Gasteiger partial charge on any atom is 0.132 e. The molecule has 0 fully saturated rings. The van der Waals surface area contributed by atoms with Gasteiger partial charge in [-0.25, -0.2) is 4.39 Å². The summed E-state index contributed by atoms with van der Waals surface area (Å²) in [6.07, 6.45) is 1.98. The summed E-state index contributed by atoms with van der Waals surface area (Å²) in [6, 6.07) is 9.78. The van der Waals surface area contributed by atoms with Crippen LogP contribution < -0.4 is 0 Å². The summed E-state index contributed by atoms with van der Waals surface area (Å²) in [6.45, 7) is 2.11. The summed E-state index contributed by atoms with van der Waals surface area (Å²) in [5, 5.41) is 0. The summed E-state index contributed by atoms with van der Waals surface area (Å²) < 4.78 is 17.7. The van der Waals surface area contributed by atoms with Gasteiger partial charge in [0.25, 0.3) is 0 Å². The molecule has 0 aliphatic rings. The fourth-order valence-corrected chi connectivity index (χ4v) is 5.19. The third-order valence-electron chi connectivity index (χ3n) is 3.01. The fraction of sp³-hybridized carbons (Fsp3) is 0.200. The minimum Gasteiger partial charge on any atom is -0.206 e. The summed E-state index contributed by atoms with van der Waals surface area (Å²) in [4.78, 5) is 1.01. The molecule has 0 spiro atoms. The lowest BCUT2D eigenvalue weighted by molar-refractivity contribution is 0.629. The Labute approximate surface area is 128 Å². The van der Waals surface area contributed by atoms with E-state index >= 15 is 0 Å². The summed E-state index contributed by atoms with van der Waals surface area (Å²) >= 11 is 6.81. The van der Waals surface area contributed by atoms with E-state index in [0.717, 1.165) is 27.1 Å². The van der Waals surface area contributed by atoms with Crippen molar-refractivity contribution >= 4 is 48.0 Å². The lowest BCUT2D eigenvalue weighted by atomic mass is 10.1. The van der Waals surface area contributed by atoms with Gasteiger partial charge in [-0.15, -0.1) is 22.7 Å². The van der Waals surface area contributed by atoms with Crippen LogP contribution in [0, 0.1) is 5.82 Å². The second kappa shape index (κ2) is 5.35. The van der Waals surface area contributed by atoms with Gasteiger partial charge < -0.3 is 0 Å². The molecular formula is C15H12BrFS2. The second-order valence-electron chi connectivity index (χ2n) is 4.45. The van der Waals surface area contributed by atoms with E-state index in [1.165, 1.54) is 9.40 Å². The molecule has 1 aromatic carbocycles. The normalized spacial score (nSPS) is 11.3. The molecule has 0 unspecified atom stereocenters. The van der Waals surface area contributed by atoms with Crippen LogP contribution in [0.5, 0.6) is 0 Å². The SMILES string of the molecule is CCCc1ccc(-c2cc3sc(Br)cc3s2)c(F)c1. The molecule has 3 rings (SSSR count). The third-order valence-corrected chi connectivity index (χ3v) is 5.84. The lowest BCUT2D eigenvalue weighted by Crippen LogP contribution is -1.87. The van der Waals surface area contributed by atoms with Gasteiger partial charge in [-0.3, -0.25) is 0 Å². The summed E-state index contributed by atoms with van der Waals surface area (Å²) in [5.74, 6) is -0.112. The Bertz CT molecular complexity index is 695. The van der Waals surface area contributed by atoms with Gasteiger partial charge >= 0.3 is 0 Å². The smallest absolute Gasteiger partial charge is 0.132 e. The molecule has 0 N–H and O–H groups in total. The minimum atomic E-state index is -0.112. The van der Waals surface area contributed by atoms with Crippen molar-refractivity contribution in [2.75, 3.05) is 0 Å². The molecular weight excluding hydrogens is 343 g/mol. The number of fused-ring (bicyclic) bond motifs is 1. The highest BCUT2D eigenvalue weighted by Crippen LogP contribution is 2.40. The van der Waals surface area contributed by atoms with E-state index < -0.39 is 0 Å². The van der Waals surface area contributed by atoms with Crippen molar-refractivity contribution in [3.8, 4) is 10.4 Å². The van der Waals surface area contributed by atoms with E-state index in [9.17, 15) is 4.39 Å². The van der Waals surface area contributed by atoms with E-state index in [0.29, 0.717) is 5.56 Å². The summed E-state index contributed by atoms with van der Waals surface area (Å²) in [7, 11) is 0. The molecule has 2 heterocycles. The van der Waals surface area contributed by atoms with Crippen LogP contribution in [0.1, 0.15) is 18.9 Å². The first-order valence-corrected chi connectivity index (χ1v) is 8.57. The predicted octanol–water partition coefficient (Wildman–Crippen LogP) is 6.48. The predicted molar refractivity (Wildman–Crippen MR) is 86.8 cm³/mol. The number of benzene rings is 1. The van der Waals surface area contributed by atoms with Crippen molar-refractivity contribution in [2.45, 2.75) is 19.8 Å². The van der Waals surface area contributed by atoms with Crippen LogP contribution in [0.25, 0.3) is 19.8 Å². The van der Waals surface area contributed by atoms with E-state index in [1.54, 1.807) is 28.7 Å². The monoisotopic (exact) mass is 354 g/mol. The maximum atomic E-state index is 14.2. The largest absolute Gasteiger partial charge is 0.206 e. The van der Waals surface area contributed by atoms with Gasteiger partial charge in [0.15, 0.2) is 0 Å². The molecule has 0 radical (unpaired) electrons. The number of halogens is 2. The first-order chi connectivity index (χ1) is 9.17. The second-order valence-corrected chi connectivity index (χ2v) is 8.00. The van der Waals surface area contributed by atoms with Crippen molar-refractivity contribution in [1.29, 1.82) is 0 Å². The van der Waals surface area contributed by atoms with Crippen LogP contribution in [0.3, 0.4) is 0 Å². The molecule has 0 saturated heterocycles. The van der Waals surface area contributed by atoms with Crippen molar-refractivity contribution in [2.24, 2.45) is 0 Å². The van der Waals surface area contributed by atoms with Gasteiger partial charge in [0.05, 0.1) is 3.79 Å². The van der Waals surface area contributed by atoms with Crippen LogP contribution in [-0.2, 0) is 6.42 Å². The molecule has 0 saturated carbocycles. The zero-order valence-electron chi connectivity index (χ0n) is 10.4. The molecule has 0 amide bonds. The highest BCUT2D eigenvalue weighted by molar-refractivity contribution is 9.11. The number of hydrogen-bond donors (Lipinski definition) is 0. The van der Waals surface area contributed by atoms with E-state index in [1.807, 2.05) is 12.1 Å². The fourth-order valence-electron chi connectivity index (χ4n) is 2.14. The first kappa shape index (κ1) is 13.3. The van der Waals surface area contributed by atoms with Gasteiger partial charge in [-0.2, -0.15) is 0 Å². The van der Waals surface area contributed by atoms with Gasteiger partial charge in [-0.05, 0) is 46.1 Å². The van der Waals surface area contributed by atoms with Crippen LogP contribution in [0.2, 0.25) is 0 Å². The molecule has 0 nitrogen and oxygen atoms in total. The number of thiophene rings is 2. The van der Waals surface area contributed by atoms with Crippen molar-refractivity contribution in [1.82, 2.24) is 0 Å². The average Bonchev–Trinajstić information content (AvgIpc) is 2.86. The summed E-state index contributed by atoms with van der Waals surface area (Å²) in [5.41, 5.74) is 1.79. The number of aryl methyl sites for hydroxylation is 1. The van der Waals surface area contributed by atoms with Crippen LogP contribution in [0.4, 0.5) is 4.39 Å². The Balaban J connectivity index is 2.02. The van der Waals surface area contributed by atoms with Gasteiger partial charge in [0.1, 0.15) is 5.82 Å². The van der Waals surface area contributed by atoms with E-state index in [2.05, 4.69) is 35.0 Å². The van der Waals surface area contributed by atoms with Crippen molar-refractivity contribution in [3.63, 3.8) is 0 Å². The maximum absolute atomic E-state index is 14.2. The van der Waals surface area contributed by atoms with Gasteiger partial charge in [0.2, 0.25) is 0 Å². The third kappa shape index (κ3) is 2.62. The standard InChI is InChI=1S/C15H12BrFS2/c1-2-3-9-4-5-10(11(17)6-9)12-7-13-14(18-12)8-15(16)19-13/h4-8H,2-3H2,1H3.